The number of aromatic nitrogens is 2. The fourth-order valence-corrected chi connectivity index (χ4v) is 4.25. The van der Waals surface area contributed by atoms with E-state index in [-0.39, 0.29) is 21.7 Å². The van der Waals surface area contributed by atoms with Gasteiger partial charge in [-0.2, -0.15) is 10.4 Å². The largest absolute Gasteiger partial charge is 0.481 e. The summed E-state index contributed by atoms with van der Waals surface area (Å²) in [4.78, 5) is 25.3. The van der Waals surface area contributed by atoms with Crippen LogP contribution in [-0.2, 0) is 30.1 Å². The average molecular weight is 468 g/mol. The fraction of sp³-hybridized carbons (Fsp3) is 0.280. The van der Waals surface area contributed by atoms with Gasteiger partial charge in [-0.25, -0.2) is 9.07 Å². The molecule has 0 bridgehead atoms. The lowest BCUT2D eigenvalue weighted by atomic mass is 9.78. The number of rotatable bonds is 6. The first-order valence-corrected chi connectivity index (χ1v) is 10.6. The SMILES string of the molecule is Cc1nn(C)c(=O)c(-c2c(F)ccc(Cl)c2CCc2ccc(C#N)cc2)c1C(C)(C)C(=O)O. The maximum Gasteiger partial charge on any atom is 0.313 e. The van der Waals surface area contributed by atoms with Crippen molar-refractivity contribution < 1.29 is 14.3 Å². The number of hydrogen-bond acceptors (Lipinski definition) is 4. The Kier molecular flexibility index (Phi) is 6.71. The van der Waals surface area contributed by atoms with Crippen molar-refractivity contribution in [2.24, 2.45) is 7.05 Å². The van der Waals surface area contributed by atoms with Crippen molar-refractivity contribution in [2.45, 2.75) is 39.0 Å². The molecule has 6 nitrogen and oxygen atoms in total. The van der Waals surface area contributed by atoms with Gasteiger partial charge in [-0.05, 0) is 69.0 Å². The molecule has 0 unspecified atom stereocenters. The Morgan fingerprint density at radius 2 is 1.82 bits per heavy atom. The molecule has 0 saturated heterocycles. The predicted octanol–water partition coefficient (Wildman–Crippen LogP) is 4.57. The molecular weight excluding hydrogens is 445 g/mol. The first-order chi connectivity index (χ1) is 15.5. The molecular formula is C25H23ClFN3O3. The van der Waals surface area contributed by atoms with E-state index in [2.05, 4.69) is 11.2 Å². The van der Waals surface area contributed by atoms with E-state index in [4.69, 9.17) is 16.9 Å². The maximum atomic E-state index is 15.3. The summed E-state index contributed by atoms with van der Waals surface area (Å²) in [6.45, 7) is 4.52. The molecule has 0 aliphatic carbocycles. The topological polar surface area (TPSA) is 96.0 Å². The molecule has 170 valence electrons. The van der Waals surface area contributed by atoms with Gasteiger partial charge in [-0.15, -0.1) is 0 Å². The van der Waals surface area contributed by atoms with Gasteiger partial charge in [-0.3, -0.25) is 9.59 Å². The number of nitriles is 1. The van der Waals surface area contributed by atoms with Crippen LogP contribution in [-0.4, -0.2) is 20.9 Å². The number of aliphatic carboxylic acids is 1. The predicted molar refractivity (Wildman–Crippen MR) is 124 cm³/mol. The van der Waals surface area contributed by atoms with Crippen molar-refractivity contribution in [2.75, 3.05) is 0 Å². The van der Waals surface area contributed by atoms with Crippen LogP contribution in [0.1, 0.15) is 41.8 Å². The molecule has 3 rings (SSSR count). The van der Waals surface area contributed by atoms with Crippen LogP contribution in [0.15, 0.2) is 41.2 Å². The van der Waals surface area contributed by atoms with Crippen molar-refractivity contribution >= 4 is 17.6 Å². The minimum atomic E-state index is -1.50. The minimum absolute atomic E-state index is 0.00781. The van der Waals surface area contributed by atoms with E-state index >= 15 is 4.39 Å². The number of carbonyl (C=O) groups is 1. The van der Waals surface area contributed by atoms with E-state index in [1.54, 1.807) is 31.2 Å². The third-order valence-electron chi connectivity index (χ3n) is 5.78. The third kappa shape index (κ3) is 4.53. The number of hydrogen-bond donors (Lipinski definition) is 1. The molecule has 0 radical (unpaired) electrons. The van der Waals surface area contributed by atoms with Crippen LogP contribution in [0.3, 0.4) is 0 Å². The summed E-state index contributed by atoms with van der Waals surface area (Å²) >= 11 is 6.48. The van der Waals surface area contributed by atoms with Crippen LogP contribution in [0.2, 0.25) is 5.02 Å². The second kappa shape index (κ2) is 9.16. The molecule has 1 N–H and O–H groups in total. The summed E-state index contributed by atoms with van der Waals surface area (Å²) in [6.07, 6.45) is 0.777. The first-order valence-electron chi connectivity index (χ1n) is 10.3. The Hall–Kier alpha value is -3.50. The number of nitrogens with zero attached hydrogens (tertiary/aromatic N) is 3. The molecule has 0 saturated carbocycles. The summed E-state index contributed by atoms with van der Waals surface area (Å²) < 4.78 is 16.4. The van der Waals surface area contributed by atoms with Gasteiger partial charge in [0.2, 0.25) is 0 Å². The van der Waals surface area contributed by atoms with Crippen molar-refractivity contribution in [3.8, 4) is 17.2 Å². The van der Waals surface area contributed by atoms with Crippen LogP contribution in [0.5, 0.6) is 0 Å². The highest BCUT2D eigenvalue weighted by Crippen LogP contribution is 2.38. The van der Waals surface area contributed by atoms with Crippen LogP contribution < -0.4 is 5.56 Å². The molecule has 2 aromatic carbocycles. The van der Waals surface area contributed by atoms with Gasteiger partial charge in [0.1, 0.15) is 5.82 Å². The van der Waals surface area contributed by atoms with Crippen molar-refractivity contribution in [3.05, 3.63) is 85.5 Å². The van der Waals surface area contributed by atoms with Crippen molar-refractivity contribution in [1.82, 2.24) is 9.78 Å². The zero-order chi connectivity index (χ0) is 24.5. The third-order valence-corrected chi connectivity index (χ3v) is 6.13. The molecule has 8 heteroatoms. The lowest BCUT2D eigenvalue weighted by molar-refractivity contribution is -0.142. The van der Waals surface area contributed by atoms with Crippen LogP contribution in [0, 0.1) is 24.1 Å². The van der Waals surface area contributed by atoms with Gasteiger partial charge in [-0.1, -0.05) is 23.7 Å². The van der Waals surface area contributed by atoms with Gasteiger partial charge in [0.15, 0.2) is 0 Å². The molecule has 0 aliphatic heterocycles. The Morgan fingerprint density at radius 1 is 1.18 bits per heavy atom. The summed E-state index contributed by atoms with van der Waals surface area (Å²) in [7, 11) is 1.44. The molecule has 0 amide bonds. The number of halogens is 2. The molecule has 0 spiro atoms. The van der Waals surface area contributed by atoms with Crippen molar-refractivity contribution in [3.63, 3.8) is 0 Å². The lowest BCUT2D eigenvalue weighted by Crippen LogP contribution is -2.35. The quantitative estimate of drug-likeness (QED) is 0.573. The van der Waals surface area contributed by atoms with E-state index in [1.165, 1.54) is 33.0 Å². The number of aryl methyl sites for hydroxylation is 3. The lowest BCUT2D eigenvalue weighted by Gasteiger charge is -2.26. The molecule has 3 aromatic rings. The minimum Gasteiger partial charge on any atom is -0.481 e. The Morgan fingerprint density at radius 3 is 2.39 bits per heavy atom. The number of benzene rings is 2. The molecule has 33 heavy (non-hydrogen) atoms. The monoisotopic (exact) mass is 467 g/mol. The van der Waals surface area contributed by atoms with E-state index in [0.29, 0.717) is 29.7 Å². The Labute approximate surface area is 195 Å². The van der Waals surface area contributed by atoms with E-state index in [1.807, 2.05) is 0 Å². The van der Waals surface area contributed by atoms with Crippen LogP contribution >= 0.6 is 11.6 Å². The second-order valence-corrected chi connectivity index (χ2v) is 8.79. The van der Waals surface area contributed by atoms with E-state index in [9.17, 15) is 14.7 Å². The van der Waals surface area contributed by atoms with Gasteiger partial charge >= 0.3 is 5.97 Å². The van der Waals surface area contributed by atoms with Crippen LogP contribution in [0.4, 0.5) is 4.39 Å². The normalized spacial score (nSPS) is 11.3. The smallest absolute Gasteiger partial charge is 0.313 e. The Balaban J connectivity index is 2.26. The van der Waals surface area contributed by atoms with Gasteiger partial charge in [0.25, 0.3) is 5.56 Å². The molecule has 1 aromatic heterocycles. The standard InChI is InChI=1S/C25H23ClFN3O3/c1-14-22(25(2,3)24(32)33)21(23(31)30(4)29-14)20-17(18(26)11-12-19(20)27)10-9-15-5-7-16(13-28)8-6-15/h5-8,11-12H,9-10H2,1-4H3,(H,32,33). The maximum absolute atomic E-state index is 15.3. The highest BCUT2D eigenvalue weighted by Gasteiger charge is 2.37. The molecule has 1 heterocycles. The number of carboxylic acids is 1. The fourth-order valence-electron chi connectivity index (χ4n) is 4.00. The second-order valence-electron chi connectivity index (χ2n) is 8.39. The highest BCUT2D eigenvalue weighted by atomic mass is 35.5. The summed E-state index contributed by atoms with van der Waals surface area (Å²) in [5, 5.41) is 23.3. The first kappa shape index (κ1) is 24.1. The summed E-state index contributed by atoms with van der Waals surface area (Å²) in [5.41, 5.74) is 0.148. The number of carboxylic acid groups (broad SMARTS) is 1. The van der Waals surface area contributed by atoms with Gasteiger partial charge < -0.3 is 5.11 Å². The van der Waals surface area contributed by atoms with E-state index < -0.39 is 22.8 Å². The molecule has 0 fully saturated rings. The summed E-state index contributed by atoms with van der Waals surface area (Å²) in [6, 6.07) is 11.7. The Bertz CT molecular complexity index is 1340. The molecule has 0 atom stereocenters. The summed E-state index contributed by atoms with van der Waals surface area (Å²) in [5.74, 6) is -1.83. The zero-order valence-electron chi connectivity index (χ0n) is 18.7. The van der Waals surface area contributed by atoms with Gasteiger partial charge in [0, 0.05) is 23.2 Å². The van der Waals surface area contributed by atoms with E-state index in [0.717, 1.165) is 10.2 Å². The van der Waals surface area contributed by atoms with Crippen molar-refractivity contribution in [1.29, 1.82) is 5.26 Å². The zero-order valence-corrected chi connectivity index (χ0v) is 19.5. The highest BCUT2D eigenvalue weighted by molar-refractivity contribution is 6.31. The molecule has 0 aliphatic rings. The van der Waals surface area contributed by atoms with Crippen LogP contribution in [0.25, 0.3) is 11.1 Å². The average Bonchev–Trinajstić information content (AvgIpc) is 2.77. The van der Waals surface area contributed by atoms with Gasteiger partial charge in [0.05, 0.1) is 28.3 Å².